The number of rotatable bonds is 7. The highest BCUT2D eigenvalue weighted by Gasteiger charge is 2.12. The van der Waals surface area contributed by atoms with E-state index in [2.05, 4.69) is 5.32 Å². The topological polar surface area (TPSA) is 69.7 Å². The minimum absolute atomic E-state index is 0.155. The zero-order valence-electron chi connectivity index (χ0n) is 17.3. The van der Waals surface area contributed by atoms with Crippen LogP contribution in [-0.4, -0.2) is 31.7 Å². The first-order valence-electron chi connectivity index (χ1n) is 9.78. The Morgan fingerprint density at radius 1 is 0.871 bits per heavy atom. The largest absolute Gasteiger partial charge is 0.497 e. The molecule has 0 atom stereocenters. The van der Waals surface area contributed by atoms with Crippen molar-refractivity contribution in [3.8, 4) is 28.5 Å². The summed E-state index contributed by atoms with van der Waals surface area (Å²) in [5.74, 6) is 1.45. The van der Waals surface area contributed by atoms with Crippen LogP contribution in [0.3, 0.4) is 0 Å². The summed E-state index contributed by atoms with van der Waals surface area (Å²) in [7, 11) is 3.11. The number of aromatic nitrogens is 1. The number of amides is 1. The maximum absolute atomic E-state index is 12.6. The van der Waals surface area contributed by atoms with Gasteiger partial charge in [0.15, 0.2) is 6.61 Å². The second-order valence-corrected chi connectivity index (χ2v) is 6.79. The van der Waals surface area contributed by atoms with E-state index in [1.54, 1.807) is 25.3 Å². The van der Waals surface area contributed by atoms with Crippen molar-refractivity contribution in [2.24, 2.45) is 0 Å². The van der Waals surface area contributed by atoms with E-state index in [4.69, 9.17) is 19.2 Å². The van der Waals surface area contributed by atoms with Crippen LogP contribution >= 0.6 is 0 Å². The van der Waals surface area contributed by atoms with Gasteiger partial charge in [0.05, 0.1) is 31.1 Å². The van der Waals surface area contributed by atoms with Gasteiger partial charge in [-0.1, -0.05) is 42.5 Å². The van der Waals surface area contributed by atoms with Crippen LogP contribution in [0.1, 0.15) is 0 Å². The first kappa shape index (κ1) is 20.2. The molecule has 0 unspecified atom stereocenters. The van der Waals surface area contributed by atoms with Gasteiger partial charge < -0.3 is 19.5 Å². The first-order valence-corrected chi connectivity index (χ1v) is 9.78. The molecule has 3 aromatic carbocycles. The zero-order chi connectivity index (χ0) is 21.6. The van der Waals surface area contributed by atoms with Gasteiger partial charge in [-0.05, 0) is 24.3 Å². The Hall–Kier alpha value is -4.06. The molecular weight excluding hydrogens is 392 g/mol. The predicted molar refractivity (Wildman–Crippen MR) is 121 cm³/mol. The fourth-order valence-corrected chi connectivity index (χ4v) is 3.25. The number of carbonyl (C=O) groups excluding carboxylic acids is 1. The van der Waals surface area contributed by atoms with E-state index in [1.165, 1.54) is 7.11 Å². The number of hydrogen-bond donors (Lipinski definition) is 1. The molecule has 31 heavy (non-hydrogen) atoms. The van der Waals surface area contributed by atoms with E-state index in [1.807, 2.05) is 60.7 Å². The molecule has 0 saturated carbocycles. The fraction of sp³-hybridized carbons (Fsp3) is 0.120. The number of hydrogen-bond acceptors (Lipinski definition) is 5. The molecule has 1 N–H and O–H groups in total. The van der Waals surface area contributed by atoms with Gasteiger partial charge in [-0.2, -0.15) is 0 Å². The number of benzene rings is 3. The number of anilines is 1. The number of fused-ring (bicyclic) bond motifs is 1. The molecule has 0 spiro atoms. The summed E-state index contributed by atoms with van der Waals surface area (Å²) in [4.78, 5) is 17.3. The Bertz CT molecular complexity index is 1210. The Morgan fingerprint density at radius 2 is 1.65 bits per heavy atom. The van der Waals surface area contributed by atoms with Crippen molar-refractivity contribution in [2.45, 2.75) is 0 Å². The van der Waals surface area contributed by atoms with Crippen LogP contribution in [0, 0.1) is 0 Å². The van der Waals surface area contributed by atoms with Crippen LogP contribution in [0.5, 0.6) is 17.2 Å². The molecule has 1 amide bonds. The predicted octanol–water partition coefficient (Wildman–Crippen LogP) is 4.94. The molecule has 156 valence electrons. The molecule has 0 bridgehead atoms. The highest BCUT2D eigenvalue weighted by atomic mass is 16.5. The van der Waals surface area contributed by atoms with Crippen molar-refractivity contribution < 1.29 is 19.0 Å². The Kier molecular flexibility index (Phi) is 5.98. The van der Waals surface area contributed by atoms with E-state index < -0.39 is 0 Å². The monoisotopic (exact) mass is 414 g/mol. The number of methoxy groups -OCH3 is 2. The molecular formula is C25H22N2O4. The SMILES string of the molecule is COc1ccc(NC(=O)COc2cc(-c3ccccc3)nc3ccccc23)c(OC)c1. The summed E-state index contributed by atoms with van der Waals surface area (Å²) in [5, 5.41) is 3.66. The summed E-state index contributed by atoms with van der Waals surface area (Å²) in [5.41, 5.74) is 3.11. The van der Waals surface area contributed by atoms with Crippen LogP contribution in [0.15, 0.2) is 78.9 Å². The fourth-order valence-electron chi connectivity index (χ4n) is 3.25. The van der Waals surface area contributed by atoms with Crippen LogP contribution in [0.2, 0.25) is 0 Å². The van der Waals surface area contributed by atoms with Crippen LogP contribution < -0.4 is 19.5 Å². The van der Waals surface area contributed by atoms with Crippen molar-refractivity contribution >= 4 is 22.5 Å². The van der Waals surface area contributed by atoms with Gasteiger partial charge in [0.25, 0.3) is 5.91 Å². The normalized spacial score (nSPS) is 10.5. The average molecular weight is 414 g/mol. The molecule has 4 aromatic rings. The number of para-hydroxylation sites is 1. The van der Waals surface area contributed by atoms with Crippen molar-refractivity contribution in [3.63, 3.8) is 0 Å². The maximum atomic E-state index is 12.6. The summed E-state index contributed by atoms with van der Waals surface area (Å²) < 4.78 is 16.4. The average Bonchev–Trinajstić information content (AvgIpc) is 2.83. The van der Waals surface area contributed by atoms with Crippen molar-refractivity contribution in [1.82, 2.24) is 4.98 Å². The molecule has 1 aromatic heterocycles. The van der Waals surface area contributed by atoms with E-state index in [0.29, 0.717) is 22.9 Å². The molecule has 0 aliphatic carbocycles. The number of carbonyl (C=O) groups is 1. The third-order valence-corrected chi connectivity index (χ3v) is 4.79. The van der Waals surface area contributed by atoms with E-state index in [0.717, 1.165) is 22.2 Å². The van der Waals surface area contributed by atoms with Crippen molar-refractivity contribution in [1.29, 1.82) is 0 Å². The quantitative estimate of drug-likeness (QED) is 0.464. The van der Waals surface area contributed by atoms with Gasteiger partial charge in [0, 0.05) is 23.1 Å². The molecule has 1 heterocycles. The number of nitrogens with zero attached hydrogens (tertiary/aromatic N) is 1. The molecule has 0 aliphatic rings. The van der Waals surface area contributed by atoms with Crippen LogP contribution in [0.4, 0.5) is 5.69 Å². The Balaban J connectivity index is 1.55. The number of ether oxygens (including phenoxy) is 3. The van der Waals surface area contributed by atoms with Gasteiger partial charge in [-0.3, -0.25) is 4.79 Å². The standard InChI is InChI=1S/C25H22N2O4/c1-29-18-12-13-21(24(14-18)30-2)27-25(28)16-31-23-15-22(17-8-4-3-5-9-17)26-20-11-7-6-10-19(20)23/h3-15H,16H2,1-2H3,(H,27,28). The molecule has 0 aliphatic heterocycles. The van der Waals surface area contributed by atoms with E-state index >= 15 is 0 Å². The smallest absolute Gasteiger partial charge is 0.262 e. The van der Waals surface area contributed by atoms with Gasteiger partial charge in [0.2, 0.25) is 0 Å². The van der Waals surface area contributed by atoms with E-state index in [9.17, 15) is 4.79 Å². The molecule has 0 fully saturated rings. The molecule has 0 saturated heterocycles. The molecule has 0 radical (unpaired) electrons. The van der Waals surface area contributed by atoms with Gasteiger partial charge in [-0.15, -0.1) is 0 Å². The minimum Gasteiger partial charge on any atom is -0.497 e. The minimum atomic E-state index is -0.300. The summed E-state index contributed by atoms with van der Waals surface area (Å²) in [6.45, 7) is -0.155. The highest BCUT2D eigenvalue weighted by molar-refractivity contribution is 5.94. The number of pyridine rings is 1. The van der Waals surface area contributed by atoms with Crippen LogP contribution in [-0.2, 0) is 4.79 Å². The summed E-state index contributed by atoms with van der Waals surface area (Å²) in [6, 6.07) is 24.6. The summed E-state index contributed by atoms with van der Waals surface area (Å²) >= 11 is 0. The maximum Gasteiger partial charge on any atom is 0.262 e. The van der Waals surface area contributed by atoms with E-state index in [-0.39, 0.29) is 12.5 Å². The van der Waals surface area contributed by atoms with Gasteiger partial charge in [0.1, 0.15) is 17.2 Å². The Morgan fingerprint density at radius 3 is 2.42 bits per heavy atom. The second-order valence-electron chi connectivity index (χ2n) is 6.79. The molecule has 6 heteroatoms. The van der Waals surface area contributed by atoms with Gasteiger partial charge >= 0.3 is 0 Å². The Labute approximate surface area is 180 Å². The van der Waals surface area contributed by atoms with Crippen molar-refractivity contribution in [3.05, 3.63) is 78.9 Å². The van der Waals surface area contributed by atoms with Crippen molar-refractivity contribution in [2.75, 3.05) is 26.1 Å². The highest BCUT2D eigenvalue weighted by Crippen LogP contribution is 2.31. The van der Waals surface area contributed by atoms with Gasteiger partial charge in [-0.25, -0.2) is 4.98 Å². The second kappa shape index (κ2) is 9.17. The third-order valence-electron chi connectivity index (χ3n) is 4.79. The zero-order valence-corrected chi connectivity index (χ0v) is 17.3. The summed E-state index contributed by atoms with van der Waals surface area (Å²) in [6.07, 6.45) is 0. The molecule has 6 nitrogen and oxygen atoms in total. The third kappa shape index (κ3) is 4.59. The lowest BCUT2D eigenvalue weighted by Crippen LogP contribution is -2.20. The number of nitrogens with one attached hydrogen (secondary N) is 1. The lowest BCUT2D eigenvalue weighted by Gasteiger charge is -2.13. The molecule has 4 rings (SSSR count). The van der Waals surface area contributed by atoms with Crippen LogP contribution in [0.25, 0.3) is 22.2 Å². The first-order chi connectivity index (χ1) is 15.2. The lowest BCUT2D eigenvalue weighted by atomic mass is 10.1. The lowest BCUT2D eigenvalue weighted by molar-refractivity contribution is -0.118.